The zero-order valence-corrected chi connectivity index (χ0v) is 21.0. The molecule has 0 spiro atoms. The van der Waals surface area contributed by atoms with Gasteiger partial charge in [0.15, 0.2) is 11.6 Å². The maximum atomic E-state index is 13.2. The fourth-order valence-corrected chi connectivity index (χ4v) is 6.70. The van der Waals surface area contributed by atoms with Crippen molar-refractivity contribution in [2.75, 3.05) is 6.54 Å². The zero-order chi connectivity index (χ0) is 24.7. The van der Waals surface area contributed by atoms with Crippen LogP contribution < -0.4 is 5.32 Å². The average Bonchev–Trinajstić information content (AvgIpc) is 3.40. The van der Waals surface area contributed by atoms with Crippen molar-refractivity contribution in [3.8, 4) is 0 Å². The highest BCUT2D eigenvalue weighted by molar-refractivity contribution is 9.10. The number of β-amino-alcohol motifs (C(OH)–C–C–N with tert-alkyl or cyclic N) is 1. The third-order valence-electron chi connectivity index (χ3n) is 7.03. The number of carbonyl (C=O) groups is 3. The van der Waals surface area contributed by atoms with E-state index in [9.17, 15) is 27.9 Å². The summed E-state index contributed by atoms with van der Waals surface area (Å²) >= 11 is 3.25. The number of nitrogens with zero attached hydrogens (tertiary/aromatic N) is 1. The Labute approximate surface area is 206 Å². The number of aliphatic carboxylic acids is 1. The number of rotatable bonds is 6. The summed E-state index contributed by atoms with van der Waals surface area (Å²) in [7, 11) is -4.05. The van der Waals surface area contributed by atoms with Crippen molar-refractivity contribution in [3.05, 3.63) is 28.7 Å². The van der Waals surface area contributed by atoms with Gasteiger partial charge in [-0.25, -0.2) is 9.59 Å². The summed E-state index contributed by atoms with van der Waals surface area (Å²) in [4.78, 5) is 39.1. The van der Waals surface area contributed by atoms with Gasteiger partial charge < -0.3 is 24.2 Å². The maximum Gasteiger partial charge on any atom is 0.410 e. The lowest BCUT2D eigenvalue weighted by Gasteiger charge is -2.45. The Morgan fingerprint density at radius 1 is 1.24 bits per heavy atom. The molecule has 0 bridgehead atoms. The molecule has 1 aromatic carbocycles. The zero-order valence-electron chi connectivity index (χ0n) is 18.6. The van der Waals surface area contributed by atoms with Crippen LogP contribution in [0.2, 0.25) is 0 Å². The molecule has 1 aromatic rings. The lowest BCUT2D eigenvalue weighted by molar-refractivity contribution is -0.166. The van der Waals surface area contributed by atoms with Crippen molar-refractivity contribution in [1.29, 1.82) is 0 Å². The molecule has 4 rings (SSSR count). The van der Waals surface area contributed by atoms with Crippen LogP contribution in [0, 0.1) is 5.92 Å². The topological polar surface area (TPSA) is 143 Å². The van der Waals surface area contributed by atoms with Gasteiger partial charge in [-0.1, -0.05) is 22.9 Å². The molecular formula is C22H28BrN2O8S+. The summed E-state index contributed by atoms with van der Waals surface area (Å²) in [6, 6.07) is 5.01. The number of fused-ring (bicyclic) bond motifs is 1. The number of hydrogen-bond acceptors (Lipinski definition) is 6. The first-order valence-electron chi connectivity index (χ1n) is 11.3. The smallest absolute Gasteiger partial charge is 0.410 e. The number of piperidine rings is 1. The van der Waals surface area contributed by atoms with E-state index < -0.39 is 51.7 Å². The Kier molecular flexibility index (Phi) is 6.94. The van der Waals surface area contributed by atoms with Gasteiger partial charge in [-0.3, -0.25) is 4.79 Å². The van der Waals surface area contributed by atoms with Gasteiger partial charge >= 0.3 is 22.2 Å². The highest BCUT2D eigenvalue weighted by atomic mass is 79.9. The van der Waals surface area contributed by atoms with Gasteiger partial charge in [0, 0.05) is 4.47 Å². The van der Waals surface area contributed by atoms with Crippen LogP contribution in [0.3, 0.4) is 0 Å². The summed E-state index contributed by atoms with van der Waals surface area (Å²) in [6.07, 6.45) is 1.74. The molecule has 2 amide bonds. The van der Waals surface area contributed by atoms with Crippen molar-refractivity contribution < 1.29 is 36.8 Å². The number of carboxylic acid groups (broad SMARTS) is 1. The molecular weight excluding hydrogens is 532 g/mol. The second kappa shape index (κ2) is 9.46. The van der Waals surface area contributed by atoms with Crippen LogP contribution in [0.4, 0.5) is 4.79 Å². The van der Waals surface area contributed by atoms with Gasteiger partial charge in [0.05, 0.1) is 13.0 Å². The number of alkyl carbamates (subject to hydrolysis) is 1. The molecule has 3 aliphatic rings. The summed E-state index contributed by atoms with van der Waals surface area (Å²) in [5, 5.41) is 12.7. The number of halogens is 1. The van der Waals surface area contributed by atoms with E-state index in [1.54, 1.807) is 19.1 Å². The number of hydrogen-bond donors (Lipinski definition) is 2. The van der Waals surface area contributed by atoms with Crippen LogP contribution in [0.15, 0.2) is 33.6 Å². The largest absolute Gasteiger partial charge is 0.479 e. The Bertz CT molecular complexity index is 1070. The minimum atomic E-state index is -4.05. The van der Waals surface area contributed by atoms with E-state index in [-0.39, 0.29) is 30.4 Å². The highest BCUT2D eigenvalue weighted by Crippen LogP contribution is 2.43. The summed E-state index contributed by atoms with van der Waals surface area (Å²) < 4.78 is 35.7. The normalized spacial score (nSPS) is 29.6. The van der Waals surface area contributed by atoms with Crippen LogP contribution in [0.5, 0.6) is 0 Å². The lowest BCUT2D eigenvalue weighted by atomic mass is 9.75. The predicted octanol–water partition coefficient (Wildman–Crippen LogP) is 2.17. The number of benzene rings is 1. The lowest BCUT2D eigenvalue weighted by Crippen LogP contribution is -2.66. The summed E-state index contributed by atoms with van der Waals surface area (Å²) in [6.45, 7) is 1.53. The monoisotopic (exact) mass is 559 g/mol. The van der Waals surface area contributed by atoms with Gasteiger partial charge in [-0.2, -0.15) is 0 Å². The molecule has 2 aliphatic heterocycles. The molecule has 3 N–H and O–H groups in total. The quantitative estimate of drug-likeness (QED) is 0.309. The van der Waals surface area contributed by atoms with Crippen LogP contribution in [0.25, 0.3) is 0 Å². The van der Waals surface area contributed by atoms with Crippen LogP contribution in [0.1, 0.15) is 45.4 Å². The molecule has 0 aromatic heterocycles. The van der Waals surface area contributed by atoms with E-state index in [4.69, 9.17) is 4.74 Å². The second-order valence-electron chi connectivity index (χ2n) is 9.22. The predicted molar refractivity (Wildman–Crippen MR) is 123 cm³/mol. The first-order chi connectivity index (χ1) is 16.0. The highest BCUT2D eigenvalue weighted by Gasteiger charge is 2.63. The molecule has 2 saturated heterocycles. The van der Waals surface area contributed by atoms with Crippen molar-refractivity contribution in [3.63, 3.8) is 0 Å². The van der Waals surface area contributed by atoms with Crippen LogP contribution >= 0.6 is 15.9 Å². The van der Waals surface area contributed by atoms with Gasteiger partial charge in [0.1, 0.15) is 17.0 Å². The number of carbonyl (C=O) groups excluding carboxylic acids is 2. The first-order valence-corrected chi connectivity index (χ1v) is 13.5. The Hall–Kier alpha value is -2.18. The van der Waals surface area contributed by atoms with Gasteiger partial charge in [-0.05, 0) is 62.3 Å². The standard InChI is InChI=1S/C22H27BrN2O8S/c1-13-10-18(24-21(29)32-15-4-2-3-5-15)19(26)25-12-16(11-22(13,25)20(27)28)33-34(30,31)17-8-6-14(23)7-9-17/h6-9,13,15-16,18H,2-5,10-12H2,1H3,(H,24,29)(H,27,28)/p+1/t13?,16-,18-,22+/m0/s1. The molecule has 1 unspecified atom stereocenters. The van der Waals surface area contributed by atoms with Crippen molar-refractivity contribution in [2.45, 2.75) is 74.1 Å². The average molecular weight is 560 g/mol. The SMILES string of the molecule is CC1C[C@H](NC(=O)OC2CCCC2)C(=O)N2C[C@@H]([OH+]S(=O)(=O)c3ccc(Br)cc3)C[C@]12C(=O)O. The van der Waals surface area contributed by atoms with E-state index in [2.05, 4.69) is 25.4 Å². The van der Waals surface area contributed by atoms with Gasteiger partial charge in [-0.15, -0.1) is 8.42 Å². The Morgan fingerprint density at radius 2 is 1.88 bits per heavy atom. The van der Waals surface area contributed by atoms with Crippen molar-refractivity contribution >= 4 is 44.0 Å². The number of aliphatic hydroxyl groups is 1. The minimum absolute atomic E-state index is 0.0153. The van der Waals surface area contributed by atoms with Gasteiger partial charge in [0.2, 0.25) is 5.91 Å². The molecule has 1 saturated carbocycles. The number of amides is 2. The van der Waals surface area contributed by atoms with Crippen molar-refractivity contribution in [2.24, 2.45) is 5.92 Å². The molecule has 4 atom stereocenters. The molecule has 10 nitrogen and oxygen atoms in total. The minimum Gasteiger partial charge on any atom is -0.479 e. The molecule has 3 fully saturated rings. The van der Waals surface area contributed by atoms with Gasteiger partial charge in [0.25, 0.3) is 0 Å². The molecule has 12 heteroatoms. The Balaban J connectivity index is 1.50. The van der Waals surface area contributed by atoms with E-state index in [0.29, 0.717) is 4.47 Å². The molecule has 186 valence electrons. The Morgan fingerprint density at radius 3 is 2.50 bits per heavy atom. The fourth-order valence-electron chi connectivity index (χ4n) is 5.30. The fraction of sp³-hybridized carbons (Fsp3) is 0.591. The van der Waals surface area contributed by atoms with Crippen LogP contribution in [-0.2, 0) is 24.4 Å². The first kappa shape index (κ1) is 24.9. The second-order valence-corrected chi connectivity index (χ2v) is 11.8. The number of carboxylic acids is 1. The third kappa shape index (κ3) is 4.67. The van der Waals surface area contributed by atoms with E-state index in [1.807, 2.05) is 0 Å². The third-order valence-corrected chi connectivity index (χ3v) is 9.00. The van der Waals surface area contributed by atoms with E-state index in [1.165, 1.54) is 17.0 Å². The van der Waals surface area contributed by atoms with Crippen LogP contribution in [-0.4, -0.2) is 70.9 Å². The molecule has 0 radical (unpaired) electrons. The summed E-state index contributed by atoms with van der Waals surface area (Å²) in [5.74, 6) is -2.32. The molecule has 34 heavy (non-hydrogen) atoms. The molecule has 2 heterocycles. The maximum absolute atomic E-state index is 13.2. The van der Waals surface area contributed by atoms with E-state index >= 15 is 0 Å². The van der Waals surface area contributed by atoms with Crippen molar-refractivity contribution in [1.82, 2.24) is 10.2 Å². The number of ether oxygens (including phenoxy) is 1. The molecule has 1 aliphatic carbocycles. The summed E-state index contributed by atoms with van der Waals surface area (Å²) in [5.41, 5.74) is -1.59. The van der Waals surface area contributed by atoms with E-state index in [0.717, 1.165) is 25.7 Å². The number of nitrogens with one attached hydrogen (secondary N) is 1.